The van der Waals surface area contributed by atoms with Gasteiger partial charge in [-0.15, -0.1) is 0 Å². The fraction of sp³-hybridized carbons (Fsp3) is 0.417. The lowest BCUT2D eigenvalue weighted by Crippen LogP contribution is -2.53. The molecule has 0 aliphatic carbocycles. The normalized spacial score (nSPS) is 21.9. The molecule has 0 unspecified atom stereocenters. The molecule has 0 aromatic heterocycles. The van der Waals surface area contributed by atoms with Crippen LogP contribution in [0.25, 0.3) is 0 Å². The van der Waals surface area contributed by atoms with Gasteiger partial charge in [-0.2, -0.15) is 0 Å². The fourth-order valence-corrected chi connectivity index (χ4v) is 4.45. The molecule has 3 atom stereocenters. The van der Waals surface area contributed by atoms with Gasteiger partial charge in [-0.1, -0.05) is 42.5 Å². The second-order valence-corrected chi connectivity index (χ2v) is 7.79. The molecule has 0 radical (unpaired) electrons. The third-order valence-electron chi connectivity index (χ3n) is 6.04. The van der Waals surface area contributed by atoms with Crippen LogP contribution in [0.15, 0.2) is 48.5 Å². The number of hydrogen-bond donors (Lipinski definition) is 1. The Labute approximate surface area is 177 Å². The van der Waals surface area contributed by atoms with Crippen LogP contribution in [0.5, 0.6) is 0 Å². The van der Waals surface area contributed by atoms with Crippen LogP contribution in [0.1, 0.15) is 27.4 Å². The van der Waals surface area contributed by atoms with Crippen molar-refractivity contribution in [1.82, 2.24) is 10.2 Å². The summed E-state index contributed by atoms with van der Waals surface area (Å²) < 4.78 is 19.6. The molecular formula is C24H29FN2O3. The number of rotatable bonds is 7. The van der Waals surface area contributed by atoms with Gasteiger partial charge in [0.05, 0.1) is 12.5 Å². The molecule has 1 aliphatic rings. The van der Waals surface area contributed by atoms with Gasteiger partial charge in [0.1, 0.15) is 5.82 Å². The molecule has 1 aliphatic heterocycles. The van der Waals surface area contributed by atoms with E-state index >= 15 is 0 Å². The number of nitrogens with one attached hydrogen (secondary N) is 1. The van der Waals surface area contributed by atoms with Crippen LogP contribution in [0.2, 0.25) is 0 Å². The maximum atomic E-state index is 14.4. The first kappa shape index (κ1) is 22.1. The number of ketones is 1. The Hall–Kier alpha value is -2.57. The Bertz CT molecular complexity index is 887. The monoisotopic (exact) mass is 412 g/mol. The first-order valence-corrected chi connectivity index (χ1v) is 10.2. The van der Waals surface area contributed by atoms with Crippen molar-refractivity contribution in [2.24, 2.45) is 11.8 Å². The third kappa shape index (κ3) is 4.60. The van der Waals surface area contributed by atoms with Gasteiger partial charge in [-0.25, -0.2) is 4.39 Å². The summed E-state index contributed by atoms with van der Waals surface area (Å²) >= 11 is 0. The molecule has 1 N–H and O–H groups in total. The first-order chi connectivity index (χ1) is 14.5. The summed E-state index contributed by atoms with van der Waals surface area (Å²) in [6.07, 6.45) is 0. The summed E-state index contributed by atoms with van der Waals surface area (Å²) in [6.45, 7) is 3.83. The predicted molar refractivity (Wildman–Crippen MR) is 114 cm³/mol. The van der Waals surface area contributed by atoms with E-state index in [0.717, 1.165) is 5.56 Å². The third-order valence-corrected chi connectivity index (χ3v) is 6.04. The maximum Gasteiger partial charge on any atom is 0.224 e. The largest absolute Gasteiger partial charge is 0.383 e. The number of hydrogen-bond acceptors (Lipinski definition) is 4. The summed E-state index contributed by atoms with van der Waals surface area (Å²) in [5.74, 6) is -1.85. The molecule has 5 nitrogen and oxygen atoms in total. The number of amides is 1. The minimum atomic E-state index is -0.473. The van der Waals surface area contributed by atoms with Crippen LogP contribution in [-0.4, -0.2) is 57.0 Å². The molecule has 2 aromatic rings. The highest BCUT2D eigenvalue weighted by atomic mass is 19.1. The molecule has 2 aromatic carbocycles. The van der Waals surface area contributed by atoms with Gasteiger partial charge in [0.2, 0.25) is 5.91 Å². The van der Waals surface area contributed by atoms with Gasteiger partial charge in [0, 0.05) is 51.2 Å². The van der Waals surface area contributed by atoms with Gasteiger partial charge >= 0.3 is 0 Å². The summed E-state index contributed by atoms with van der Waals surface area (Å²) in [5, 5.41) is 2.74. The Morgan fingerprint density at radius 3 is 2.47 bits per heavy atom. The van der Waals surface area contributed by atoms with Gasteiger partial charge in [0.15, 0.2) is 5.78 Å². The Morgan fingerprint density at radius 1 is 1.10 bits per heavy atom. The highest BCUT2D eigenvalue weighted by molar-refractivity contribution is 5.99. The van der Waals surface area contributed by atoms with Crippen LogP contribution in [0.4, 0.5) is 4.39 Å². The lowest BCUT2D eigenvalue weighted by atomic mass is 9.69. The number of methoxy groups -OCH3 is 1. The Morgan fingerprint density at radius 2 is 1.80 bits per heavy atom. The maximum absolute atomic E-state index is 14.4. The summed E-state index contributed by atoms with van der Waals surface area (Å²) in [6, 6.07) is 14.0. The number of likely N-dealkylation sites (tertiary alicyclic amines) is 1. The number of carbonyl (C=O) groups excluding carboxylic acids is 2. The van der Waals surface area contributed by atoms with Crippen LogP contribution < -0.4 is 5.32 Å². The summed E-state index contributed by atoms with van der Waals surface area (Å²) in [5.41, 5.74) is 1.82. The minimum absolute atomic E-state index is 0.0275. The zero-order valence-electron chi connectivity index (χ0n) is 17.7. The first-order valence-electron chi connectivity index (χ1n) is 10.2. The second kappa shape index (κ2) is 9.96. The smallest absolute Gasteiger partial charge is 0.224 e. The topological polar surface area (TPSA) is 58.6 Å². The average molecular weight is 413 g/mol. The van der Waals surface area contributed by atoms with Gasteiger partial charge < -0.3 is 10.1 Å². The molecule has 1 heterocycles. The lowest BCUT2D eigenvalue weighted by Gasteiger charge is -2.43. The molecule has 1 saturated heterocycles. The number of nitrogens with zero attached hydrogens (tertiary/aromatic N) is 1. The molecule has 0 bridgehead atoms. The SMILES string of the molecule is CNC(=O)[C@@H]1CN(CCOC)C[C@H](C(=O)c2ccccc2)[C@H]1c1cccc(F)c1C. The van der Waals surface area contributed by atoms with E-state index < -0.39 is 17.8 Å². The number of piperidine rings is 1. The van der Waals surface area contributed by atoms with Crippen molar-refractivity contribution in [1.29, 1.82) is 0 Å². The van der Waals surface area contributed by atoms with E-state index in [-0.39, 0.29) is 17.5 Å². The lowest BCUT2D eigenvalue weighted by molar-refractivity contribution is -0.127. The molecule has 0 saturated carbocycles. The molecule has 3 rings (SSSR count). The van der Waals surface area contributed by atoms with E-state index in [9.17, 15) is 14.0 Å². The molecular weight excluding hydrogens is 383 g/mol. The Balaban J connectivity index is 2.09. The van der Waals surface area contributed by atoms with Crippen molar-refractivity contribution < 1.29 is 18.7 Å². The number of halogens is 1. The van der Waals surface area contributed by atoms with Crippen molar-refractivity contribution in [3.05, 3.63) is 71.0 Å². The number of carbonyl (C=O) groups is 2. The predicted octanol–water partition coefficient (Wildman–Crippen LogP) is 3.04. The summed E-state index contributed by atoms with van der Waals surface area (Å²) in [4.78, 5) is 28.6. The van der Waals surface area contributed by atoms with Crippen LogP contribution in [-0.2, 0) is 9.53 Å². The number of Topliss-reactive ketones (excluding diaryl/α,β-unsaturated/α-hetero) is 1. The zero-order chi connectivity index (χ0) is 21.7. The van der Waals surface area contributed by atoms with Gasteiger partial charge in [-0.3, -0.25) is 14.5 Å². The number of benzene rings is 2. The van der Waals surface area contributed by atoms with Gasteiger partial charge in [-0.05, 0) is 24.1 Å². The van der Waals surface area contributed by atoms with Crippen molar-refractivity contribution in [2.75, 3.05) is 40.4 Å². The fourth-order valence-electron chi connectivity index (χ4n) is 4.45. The van der Waals surface area contributed by atoms with E-state index in [0.29, 0.717) is 37.4 Å². The van der Waals surface area contributed by atoms with Crippen LogP contribution >= 0.6 is 0 Å². The molecule has 160 valence electrons. The standard InChI is InChI=1S/C24H29FN2O3/c1-16-18(10-7-11-21(16)25)22-19(23(28)17-8-5-4-6-9-17)14-27(12-13-30-3)15-20(22)24(29)26-2/h4-11,19-20,22H,12-15H2,1-3H3,(H,26,29)/t19-,20+,22+/m0/s1. The van der Waals surface area contributed by atoms with Crippen molar-refractivity contribution in [3.8, 4) is 0 Å². The average Bonchev–Trinajstić information content (AvgIpc) is 2.78. The molecule has 30 heavy (non-hydrogen) atoms. The van der Waals surface area contributed by atoms with E-state index in [1.807, 2.05) is 24.3 Å². The van der Waals surface area contributed by atoms with Crippen molar-refractivity contribution in [3.63, 3.8) is 0 Å². The second-order valence-electron chi connectivity index (χ2n) is 7.79. The van der Waals surface area contributed by atoms with E-state index in [1.54, 1.807) is 39.3 Å². The molecule has 1 fully saturated rings. The molecule has 1 amide bonds. The van der Waals surface area contributed by atoms with Crippen LogP contribution in [0, 0.1) is 24.6 Å². The van der Waals surface area contributed by atoms with E-state index in [1.165, 1.54) is 6.07 Å². The highest BCUT2D eigenvalue weighted by Gasteiger charge is 2.45. The number of ether oxygens (including phenoxy) is 1. The minimum Gasteiger partial charge on any atom is -0.383 e. The van der Waals surface area contributed by atoms with Crippen molar-refractivity contribution >= 4 is 11.7 Å². The van der Waals surface area contributed by atoms with Crippen molar-refractivity contribution in [2.45, 2.75) is 12.8 Å². The molecule has 0 spiro atoms. The Kier molecular flexibility index (Phi) is 7.34. The summed E-state index contributed by atoms with van der Waals surface area (Å²) in [7, 11) is 3.23. The quantitative estimate of drug-likeness (QED) is 0.711. The molecule has 6 heteroatoms. The van der Waals surface area contributed by atoms with Gasteiger partial charge in [0.25, 0.3) is 0 Å². The van der Waals surface area contributed by atoms with E-state index in [2.05, 4.69) is 10.2 Å². The highest BCUT2D eigenvalue weighted by Crippen LogP contribution is 2.41. The zero-order valence-corrected chi connectivity index (χ0v) is 17.7. The van der Waals surface area contributed by atoms with E-state index in [4.69, 9.17) is 4.74 Å². The van der Waals surface area contributed by atoms with Crippen LogP contribution in [0.3, 0.4) is 0 Å².